The van der Waals surface area contributed by atoms with Gasteiger partial charge in [0, 0.05) is 4.92 Å². The monoisotopic (exact) mass is 217 g/mol. The molecule has 1 aromatic rings. The van der Waals surface area contributed by atoms with E-state index < -0.39 is 20.9 Å². The van der Waals surface area contributed by atoms with E-state index in [1.807, 2.05) is 0 Å². The fourth-order valence-electron chi connectivity index (χ4n) is 0.778. The number of nitro groups is 1. The van der Waals surface area contributed by atoms with Crippen LogP contribution in [0.2, 0.25) is 0 Å². The van der Waals surface area contributed by atoms with Crippen LogP contribution in [-0.2, 0) is 10.1 Å². The molecule has 0 unspecified atom stereocenters. The molecule has 0 aliphatic heterocycles. The third kappa shape index (κ3) is 3.40. The summed E-state index contributed by atoms with van der Waals surface area (Å²) < 4.78 is 26.3. The summed E-state index contributed by atoms with van der Waals surface area (Å²) in [5.41, 5.74) is 0. The minimum Gasteiger partial charge on any atom is -0.378 e. The van der Waals surface area contributed by atoms with Gasteiger partial charge < -0.3 is 4.18 Å². The minimum atomic E-state index is -4.13. The largest absolute Gasteiger partial charge is 0.378 e. The zero-order valence-corrected chi connectivity index (χ0v) is 7.81. The van der Waals surface area contributed by atoms with E-state index in [1.165, 1.54) is 12.1 Å². The number of hydrogen-bond acceptors (Lipinski definition) is 5. The topological polar surface area (TPSA) is 86.5 Å². The summed E-state index contributed by atoms with van der Waals surface area (Å²) in [4.78, 5) is 8.99. The Morgan fingerprint density at radius 1 is 1.29 bits per heavy atom. The van der Waals surface area contributed by atoms with Crippen LogP contribution in [0.1, 0.15) is 0 Å². The quantitative estimate of drug-likeness (QED) is 0.419. The lowest BCUT2D eigenvalue weighted by Gasteiger charge is -2.01. The highest BCUT2D eigenvalue weighted by atomic mass is 32.2. The first-order valence-corrected chi connectivity index (χ1v) is 5.16. The summed E-state index contributed by atoms with van der Waals surface area (Å²) in [5, 5.41) is 9.95. The van der Waals surface area contributed by atoms with Crippen molar-refractivity contribution in [3.05, 3.63) is 40.4 Å². The van der Waals surface area contributed by atoms with Crippen molar-refractivity contribution in [3.8, 4) is 5.75 Å². The van der Waals surface area contributed by atoms with Crippen molar-refractivity contribution < 1.29 is 17.5 Å². The maximum absolute atomic E-state index is 10.9. The predicted molar refractivity (Wildman–Crippen MR) is 47.9 cm³/mol. The van der Waals surface area contributed by atoms with Crippen LogP contribution in [0.25, 0.3) is 0 Å². The van der Waals surface area contributed by atoms with E-state index >= 15 is 0 Å². The molecule has 0 atom stereocenters. The van der Waals surface area contributed by atoms with Crippen LogP contribution in [0.15, 0.2) is 30.3 Å². The van der Waals surface area contributed by atoms with Crippen molar-refractivity contribution in [1.29, 1.82) is 0 Å². The number of nitrogens with zero attached hydrogens (tertiary/aromatic N) is 1. The molecular weight excluding hydrogens is 210 g/mol. The highest BCUT2D eigenvalue weighted by molar-refractivity contribution is 7.86. The Kier molecular flexibility index (Phi) is 3.03. The first kappa shape index (κ1) is 10.5. The first-order chi connectivity index (χ1) is 6.49. The summed E-state index contributed by atoms with van der Waals surface area (Å²) >= 11 is 0. The van der Waals surface area contributed by atoms with Crippen molar-refractivity contribution in [2.45, 2.75) is 0 Å². The van der Waals surface area contributed by atoms with Crippen LogP contribution >= 0.6 is 0 Å². The van der Waals surface area contributed by atoms with E-state index in [-0.39, 0.29) is 5.75 Å². The molecular formula is C7H7NO5S. The molecule has 0 heterocycles. The van der Waals surface area contributed by atoms with Gasteiger partial charge in [0.1, 0.15) is 5.75 Å². The summed E-state index contributed by atoms with van der Waals surface area (Å²) in [6.45, 7) is 0. The maximum Gasteiger partial charge on any atom is 0.376 e. The van der Waals surface area contributed by atoms with Crippen molar-refractivity contribution in [1.82, 2.24) is 0 Å². The molecule has 14 heavy (non-hydrogen) atoms. The lowest BCUT2D eigenvalue weighted by atomic mass is 10.3. The summed E-state index contributed by atoms with van der Waals surface area (Å²) in [7, 11) is -4.13. The van der Waals surface area contributed by atoms with E-state index in [2.05, 4.69) is 4.18 Å². The number of para-hydroxylation sites is 1. The average Bonchev–Trinajstić information content (AvgIpc) is 2.02. The standard InChI is InChI=1S/C7H7NO5S/c9-8(10)6-14(11,12)13-7-4-2-1-3-5-7/h1-5H,6H2. The highest BCUT2D eigenvalue weighted by Crippen LogP contribution is 2.11. The fraction of sp³-hybridized carbons (Fsp3) is 0.143. The molecule has 0 spiro atoms. The van der Waals surface area contributed by atoms with Crippen molar-refractivity contribution in [3.63, 3.8) is 0 Å². The van der Waals surface area contributed by atoms with Crippen molar-refractivity contribution in [2.24, 2.45) is 0 Å². The molecule has 0 aromatic heterocycles. The molecule has 6 nitrogen and oxygen atoms in total. The third-order valence-electron chi connectivity index (χ3n) is 1.23. The fourth-order valence-corrected chi connectivity index (χ4v) is 1.49. The molecule has 76 valence electrons. The third-order valence-corrected chi connectivity index (χ3v) is 2.20. The van der Waals surface area contributed by atoms with Gasteiger partial charge in [-0.3, -0.25) is 10.1 Å². The van der Waals surface area contributed by atoms with Crippen LogP contribution < -0.4 is 4.18 Å². The van der Waals surface area contributed by atoms with Gasteiger partial charge in [-0.2, -0.15) is 8.42 Å². The van der Waals surface area contributed by atoms with Gasteiger partial charge in [-0.05, 0) is 12.1 Å². The normalized spacial score (nSPS) is 10.9. The second-order valence-corrected chi connectivity index (χ2v) is 3.96. The molecule has 0 bridgehead atoms. The molecule has 0 N–H and O–H groups in total. The van der Waals surface area contributed by atoms with Gasteiger partial charge in [0.15, 0.2) is 0 Å². The Hall–Kier alpha value is -1.63. The van der Waals surface area contributed by atoms with Gasteiger partial charge >= 0.3 is 16.0 Å². The van der Waals surface area contributed by atoms with E-state index in [1.54, 1.807) is 18.2 Å². The predicted octanol–water partition coefficient (Wildman–Crippen LogP) is 0.629. The molecule has 7 heteroatoms. The van der Waals surface area contributed by atoms with Gasteiger partial charge in [-0.25, -0.2) is 0 Å². The Balaban J connectivity index is 2.74. The SMILES string of the molecule is O=[N+]([O-])CS(=O)(=O)Oc1ccccc1. The minimum absolute atomic E-state index is 0.0642. The second kappa shape index (κ2) is 4.05. The van der Waals surface area contributed by atoms with E-state index in [4.69, 9.17) is 0 Å². The molecule has 0 saturated heterocycles. The summed E-state index contributed by atoms with van der Waals surface area (Å²) in [6, 6.07) is 7.61. The van der Waals surface area contributed by atoms with E-state index in [0.717, 1.165) is 0 Å². The Morgan fingerprint density at radius 2 is 1.86 bits per heavy atom. The smallest absolute Gasteiger partial charge is 0.376 e. The van der Waals surface area contributed by atoms with Crippen molar-refractivity contribution >= 4 is 10.1 Å². The van der Waals surface area contributed by atoms with Crippen LogP contribution in [0.4, 0.5) is 0 Å². The molecule has 0 radical (unpaired) electrons. The lowest BCUT2D eigenvalue weighted by Crippen LogP contribution is -2.19. The Morgan fingerprint density at radius 3 is 2.36 bits per heavy atom. The maximum atomic E-state index is 10.9. The second-order valence-electron chi connectivity index (χ2n) is 2.42. The summed E-state index contributed by atoms with van der Waals surface area (Å²) in [6.07, 6.45) is 0. The van der Waals surface area contributed by atoms with Gasteiger partial charge in [0.2, 0.25) is 0 Å². The first-order valence-electron chi connectivity index (χ1n) is 3.58. The molecule has 0 saturated carbocycles. The van der Waals surface area contributed by atoms with Crippen LogP contribution in [0.5, 0.6) is 5.75 Å². The van der Waals surface area contributed by atoms with Crippen molar-refractivity contribution in [2.75, 3.05) is 5.88 Å². The molecule has 0 aliphatic rings. The van der Waals surface area contributed by atoms with Gasteiger partial charge in [-0.1, -0.05) is 18.2 Å². The van der Waals surface area contributed by atoms with E-state index in [9.17, 15) is 18.5 Å². The van der Waals surface area contributed by atoms with Crippen LogP contribution in [0.3, 0.4) is 0 Å². The van der Waals surface area contributed by atoms with Gasteiger partial charge in [-0.15, -0.1) is 0 Å². The zero-order chi connectivity index (χ0) is 10.6. The molecule has 0 fully saturated rings. The Bertz CT molecular complexity index is 413. The van der Waals surface area contributed by atoms with Crippen LogP contribution in [0, 0.1) is 10.1 Å². The zero-order valence-electron chi connectivity index (χ0n) is 6.99. The van der Waals surface area contributed by atoms with E-state index in [0.29, 0.717) is 0 Å². The molecule has 1 rings (SSSR count). The molecule has 0 amide bonds. The average molecular weight is 217 g/mol. The Labute approximate surface area is 80.4 Å². The van der Waals surface area contributed by atoms with Gasteiger partial charge in [0.25, 0.3) is 0 Å². The summed E-state index contributed by atoms with van der Waals surface area (Å²) in [5.74, 6) is -1.17. The number of benzene rings is 1. The molecule has 1 aromatic carbocycles. The molecule has 0 aliphatic carbocycles. The lowest BCUT2D eigenvalue weighted by molar-refractivity contribution is -0.459. The number of rotatable bonds is 4. The highest BCUT2D eigenvalue weighted by Gasteiger charge is 2.19. The van der Waals surface area contributed by atoms with Gasteiger partial charge in [0.05, 0.1) is 0 Å². The number of hydrogen-bond donors (Lipinski definition) is 0. The van der Waals surface area contributed by atoms with Crippen LogP contribution in [-0.4, -0.2) is 19.2 Å².